The van der Waals surface area contributed by atoms with Crippen LogP contribution >= 0.6 is 0 Å². The van der Waals surface area contributed by atoms with Crippen LogP contribution in [0.1, 0.15) is 52.4 Å². The smallest absolute Gasteiger partial charge is 0.269 e. The monoisotopic (exact) mass is 342 g/mol. The summed E-state index contributed by atoms with van der Waals surface area (Å²) in [7, 11) is -9.01. The first-order chi connectivity index (χ1) is 9.58. The zero-order valence-electron chi connectivity index (χ0n) is 12.6. The maximum atomic E-state index is 11.2. The van der Waals surface area contributed by atoms with Gasteiger partial charge in [-0.05, 0) is 18.8 Å². The third-order valence-electron chi connectivity index (χ3n) is 3.26. The van der Waals surface area contributed by atoms with Crippen molar-refractivity contribution in [3.05, 3.63) is 12.2 Å². The van der Waals surface area contributed by atoms with Crippen LogP contribution < -0.4 is 0 Å². The van der Waals surface area contributed by atoms with Gasteiger partial charge in [-0.3, -0.25) is 9.11 Å². The first-order valence-corrected chi connectivity index (χ1v) is 10.3. The van der Waals surface area contributed by atoms with Gasteiger partial charge >= 0.3 is 0 Å². The molecule has 0 aromatic carbocycles. The zero-order valence-corrected chi connectivity index (χ0v) is 14.2. The van der Waals surface area contributed by atoms with Crippen molar-refractivity contribution in [3.63, 3.8) is 0 Å². The SMILES string of the molecule is CCCCCCC/C=C/C(C)C(CS(=O)(=O)O)S(=O)(=O)O. The summed E-state index contributed by atoms with van der Waals surface area (Å²) in [6.45, 7) is 3.63. The van der Waals surface area contributed by atoms with Gasteiger partial charge in [0.15, 0.2) is 0 Å². The Morgan fingerprint density at radius 2 is 1.57 bits per heavy atom. The van der Waals surface area contributed by atoms with E-state index in [2.05, 4.69) is 6.92 Å². The Labute approximate surface area is 128 Å². The van der Waals surface area contributed by atoms with Crippen molar-refractivity contribution in [1.82, 2.24) is 0 Å². The van der Waals surface area contributed by atoms with Gasteiger partial charge in [0.1, 0.15) is 5.25 Å². The van der Waals surface area contributed by atoms with Crippen molar-refractivity contribution in [2.45, 2.75) is 57.6 Å². The fraction of sp³-hybridized carbons (Fsp3) is 0.846. The highest BCUT2D eigenvalue weighted by Gasteiger charge is 2.32. The Balaban J connectivity index is 4.45. The van der Waals surface area contributed by atoms with Gasteiger partial charge in [-0.15, -0.1) is 0 Å². The van der Waals surface area contributed by atoms with Crippen LogP contribution in [0.15, 0.2) is 12.2 Å². The molecule has 0 amide bonds. The predicted octanol–water partition coefficient (Wildman–Crippen LogP) is 2.68. The molecule has 0 aliphatic heterocycles. The lowest BCUT2D eigenvalue weighted by Gasteiger charge is -2.16. The van der Waals surface area contributed by atoms with E-state index in [0.29, 0.717) is 0 Å². The van der Waals surface area contributed by atoms with Gasteiger partial charge in [0.05, 0.1) is 5.75 Å². The van der Waals surface area contributed by atoms with Crippen LogP contribution in [0.2, 0.25) is 0 Å². The molecular weight excluding hydrogens is 316 g/mol. The predicted molar refractivity (Wildman–Crippen MR) is 83.4 cm³/mol. The second-order valence-electron chi connectivity index (χ2n) is 5.29. The van der Waals surface area contributed by atoms with E-state index < -0.39 is 37.2 Å². The molecule has 2 unspecified atom stereocenters. The highest BCUT2D eigenvalue weighted by atomic mass is 32.2. The molecule has 0 heterocycles. The molecule has 0 aromatic rings. The van der Waals surface area contributed by atoms with E-state index in [1.54, 1.807) is 12.2 Å². The summed E-state index contributed by atoms with van der Waals surface area (Å²) in [5, 5.41) is -1.55. The largest absolute Gasteiger partial charge is 0.286 e. The minimum Gasteiger partial charge on any atom is -0.286 e. The van der Waals surface area contributed by atoms with E-state index in [9.17, 15) is 16.8 Å². The Bertz CT molecular complexity index is 507. The maximum Gasteiger partial charge on any atom is 0.269 e. The first-order valence-electron chi connectivity index (χ1n) is 7.16. The van der Waals surface area contributed by atoms with E-state index in [0.717, 1.165) is 25.7 Å². The van der Waals surface area contributed by atoms with E-state index in [-0.39, 0.29) is 0 Å². The van der Waals surface area contributed by atoms with E-state index in [4.69, 9.17) is 9.11 Å². The van der Waals surface area contributed by atoms with Gasteiger partial charge in [0, 0.05) is 0 Å². The average molecular weight is 342 g/mol. The molecule has 0 aromatic heterocycles. The quantitative estimate of drug-likeness (QED) is 0.339. The van der Waals surface area contributed by atoms with Crippen molar-refractivity contribution in [1.29, 1.82) is 0 Å². The molecule has 2 atom stereocenters. The summed E-state index contributed by atoms with van der Waals surface area (Å²) < 4.78 is 61.9. The van der Waals surface area contributed by atoms with Crippen LogP contribution in [0.4, 0.5) is 0 Å². The minimum absolute atomic E-state index is 0.697. The minimum atomic E-state index is -4.54. The van der Waals surface area contributed by atoms with Crippen molar-refractivity contribution in [3.8, 4) is 0 Å². The average Bonchev–Trinajstić information content (AvgIpc) is 2.32. The van der Waals surface area contributed by atoms with Crippen molar-refractivity contribution in [2.75, 3.05) is 5.75 Å². The highest BCUT2D eigenvalue weighted by Crippen LogP contribution is 2.16. The number of unbranched alkanes of at least 4 members (excludes halogenated alkanes) is 5. The van der Waals surface area contributed by atoms with E-state index in [1.807, 2.05) is 0 Å². The summed E-state index contributed by atoms with van der Waals surface area (Å²) in [6.07, 6.45) is 9.74. The van der Waals surface area contributed by atoms with Gasteiger partial charge in [-0.2, -0.15) is 16.8 Å². The van der Waals surface area contributed by atoms with Crippen LogP contribution in [-0.4, -0.2) is 36.9 Å². The van der Waals surface area contributed by atoms with Crippen LogP contribution in [0.25, 0.3) is 0 Å². The summed E-state index contributed by atoms with van der Waals surface area (Å²) in [5.74, 6) is -1.70. The zero-order chi connectivity index (χ0) is 16.5. The lowest BCUT2D eigenvalue weighted by molar-refractivity contribution is 0.444. The lowest BCUT2D eigenvalue weighted by atomic mass is 10.1. The van der Waals surface area contributed by atoms with Crippen LogP contribution in [-0.2, 0) is 20.2 Å². The molecule has 0 saturated carbocycles. The Hall–Kier alpha value is -0.440. The molecule has 0 spiro atoms. The van der Waals surface area contributed by atoms with Gasteiger partial charge < -0.3 is 0 Å². The Morgan fingerprint density at radius 1 is 1.00 bits per heavy atom. The standard InChI is InChI=1S/C13H26O6S2/c1-3-4-5-6-7-8-9-10-12(2)13(21(17,18)19)11-20(14,15)16/h9-10,12-13H,3-8,11H2,1-2H3,(H,14,15,16)(H,17,18,19)/b10-9+. The third-order valence-corrected chi connectivity index (χ3v) is 5.61. The van der Waals surface area contributed by atoms with Crippen molar-refractivity contribution in [2.24, 2.45) is 5.92 Å². The molecule has 0 aliphatic carbocycles. The van der Waals surface area contributed by atoms with Crippen molar-refractivity contribution >= 4 is 20.2 Å². The fourth-order valence-electron chi connectivity index (χ4n) is 2.02. The highest BCUT2D eigenvalue weighted by molar-refractivity contribution is 7.90. The van der Waals surface area contributed by atoms with Gasteiger partial charge in [-0.25, -0.2) is 0 Å². The molecule has 0 aliphatic rings. The van der Waals surface area contributed by atoms with E-state index in [1.165, 1.54) is 19.8 Å². The van der Waals surface area contributed by atoms with Crippen molar-refractivity contribution < 1.29 is 25.9 Å². The topological polar surface area (TPSA) is 109 Å². The van der Waals surface area contributed by atoms with Gasteiger partial charge in [-0.1, -0.05) is 51.7 Å². The molecule has 6 nitrogen and oxygen atoms in total. The van der Waals surface area contributed by atoms with Gasteiger partial charge in [0.25, 0.3) is 20.2 Å². The lowest BCUT2D eigenvalue weighted by Crippen LogP contribution is -2.34. The normalized spacial score (nSPS) is 16.2. The molecular formula is C13H26O6S2. The number of hydrogen-bond donors (Lipinski definition) is 2. The molecule has 0 rings (SSSR count). The summed E-state index contributed by atoms with van der Waals surface area (Å²) in [5.41, 5.74) is 0. The summed E-state index contributed by atoms with van der Waals surface area (Å²) in [4.78, 5) is 0. The molecule has 8 heteroatoms. The number of rotatable bonds is 11. The molecule has 126 valence electrons. The maximum absolute atomic E-state index is 11.2. The molecule has 21 heavy (non-hydrogen) atoms. The fourth-order valence-corrected chi connectivity index (χ4v) is 4.57. The summed E-state index contributed by atoms with van der Waals surface area (Å²) >= 11 is 0. The number of hydrogen-bond acceptors (Lipinski definition) is 4. The molecule has 0 radical (unpaired) electrons. The molecule has 0 bridgehead atoms. The molecule has 0 fully saturated rings. The Morgan fingerprint density at radius 3 is 2.05 bits per heavy atom. The van der Waals surface area contributed by atoms with E-state index >= 15 is 0 Å². The summed E-state index contributed by atoms with van der Waals surface area (Å²) in [6, 6.07) is 0. The second kappa shape index (κ2) is 9.55. The van der Waals surface area contributed by atoms with Crippen LogP contribution in [0.3, 0.4) is 0 Å². The third kappa shape index (κ3) is 10.9. The van der Waals surface area contributed by atoms with Crippen LogP contribution in [0.5, 0.6) is 0 Å². The first kappa shape index (κ1) is 20.6. The molecule has 2 N–H and O–H groups in total. The Kier molecular flexibility index (Phi) is 9.35. The second-order valence-corrected chi connectivity index (χ2v) is 8.42. The molecule has 0 saturated heterocycles. The number of allylic oxidation sites excluding steroid dienone is 2. The van der Waals surface area contributed by atoms with Crippen LogP contribution in [0, 0.1) is 5.92 Å². The van der Waals surface area contributed by atoms with Gasteiger partial charge in [0.2, 0.25) is 0 Å².